The highest BCUT2D eigenvalue weighted by molar-refractivity contribution is 7.90. The SMILES string of the molecule is Cc1ccc(CN(C)Cc2cnc(S(=O)(=O)Cc3ccccc3)n2CC(C)C)cc1. The Balaban J connectivity index is 1.83. The normalized spacial score (nSPS) is 12.1. The fourth-order valence-electron chi connectivity index (χ4n) is 3.52. The number of benzene rings is 2. The molecule has 3 aromatic rings. The van der Waals surface area contributed by atoms with E-state index in [1.807, 2.05) is 41.9 Å². The number of rotatable bonds is 9. The van der Waals surface area contributed by atoms with Crippen LogP contribution in [0.15, 0.2) is 66.0 Å². The lowest BCUT2D eigenvalue weighted by molar-refractivity contribution is 0.304. The molecule has 0 aliphatic rings. The molecule has 0 saturated carbocycles. The number of nitrogens with zero attached hydrogens (tertiary/aromatic N) is 3. The third-order valence-electron chi connectivity index (χ3n) is 4.93. The molecule has 0 atom stereocenters. The first-order chi connectivity index (χ1) is 14.2. The van der Waals surface area contributed by atoms with Crippen molar-refractivity contribution in [3.63, 3.8) is 0 Å². The summed E-state index contributed by atoms with van der Waals surface area (Å²) in [5.41, 5.74) is 4.17. The Morgan fingerprint density at radius 1 is 0.967 bits per heavy atom. The molecule has 6 heteroatoms. The van der Waals surface area contributed by atoms with E-state index in [0.717, 1.165) is 17.8 Å². The Morgan fingerprint density at radius 2 is 1.63 bits per heavy atom. The fourth-order valence-corrected chi connectivity index (χ4v) is 5.02. The molecule has 0 bridgehead atoms. The lowest BCUT2D eigenvalue weighted by Crippen LogP contribution is -2.22. The summed E-state index contributed by atoms with van der Waals surface area (Å²) in [6, 6.07) is 17.8. The number of hydrogen-bond acceptors (Lipinski definition) is 4. The van der Waals surface area contributed by atoms with Gasteiger partial charge in [0.15, 0.2) is 0 Å². The lowest BCUT2D eigenvalue weighted by atomic mass is 10.1. The molecule has 0 spiro atoms. The summed E-state index contributed by atoms with van der Waals surface area (Å²) in [5, 5.41) is 0.166. The van der Waals surface area contributed by atoms with Gasteiger partial charge in [0.1, 0.15) is 0 Å². The van der Waals surface area contributed by atoms with Gasteiger partial charge in [0.25, 0.3) is 0 Å². The second kappa shape index (κ2) is 9.58. The van der Waals surface area contributed by atoms with Crippen LogP contribution in [0.4, 0.5) is 0 Å². The van der Waals surface area contributed by atoms with Crippen molar-refractivity contribution in [2.45, 2.75) is 51.3 Å². The average molecular weight is 426 g/mol. The lowest BCUT2D eigenvalue weighted by Gasteiger charge is -2.20. The first-order valence-corrected chi connectivity index (χ1v) is 11.9. The molecule has 5 nitrogen and oxygen atoms in total. The van der Waals surface area contributed by atoms with E-state index in [0.29, 0.717) is 19.0 Å². The molecule has 0 N–H and O–H groups in total. The topological polar surface area (TPSA) is 55.2 Å². The number of imidazole rings is 1. The van der Waals surface area contributed by atoms with Gasteiger partial charge in [-0.1, -0.05) is 74.0 Å². The van der Waals surface area contributed by atoms with Crippen molar-refractivity contribution in [1.82, 2.24) is 14.5 Å². The van der Waals surface area contributed by atoms with Gasteiger partial charge < -0.3 is 4.57 Å². The maximum absolute atomic E-state index is 13.1. The van der Waals surface area contributed by atoms with Crippen LogP contribution in [-0.4, -0.2) is 29.9 Å². The van der Waals surface area contributed by atoms with Gasteiger partial charge in [0.2, 0.25) is 15.0 Å². The highest BCUT2D eigenvalue weighted by atomic mass is 32.2. The maximum atomic E-state index is 13.1. The van der Waals surface area contributed by atoms with Gasteiger partial charge in [0, 0.05) is 19.6 Å². The number of sulfone groups is 1. The minimum atomic E-state index is -3.53. The molecule has 3 rings (SSSR count). The summed E-state index contributed by atoms with van der Waals surface area (Å²) in [6.45, 7) is 8.31. The van der Waals surface area contributed by atoms with E-state index >= 15 is 0 Å². The molecule has 30 heavy (non-hydrogen) atoms. The van der Waals surface area contributed by atoms with E-state index in [1.54, 1.807) is 6.20 Å². The van der Waals surface area contributed by atoms with Gasteiger partial charge in [-0.15, -0.1) is 0 Å². The van der Waals surface area contributed by atoms with E-state index in [2.05, 4.69) is 54.9 Å². The first kappa shape index (κ1) is 22.2. The molecule has 2 aromatic carbocycles. The van der Waals surface area contributed by atoms with Crippen molar-refractivity contribution < 1.29 is 8.42 Å². The van der Waals surface area contributed by atoms with Gasteiger partial charge in [0.05, 0.1) is 17.6 Å². The van der Waals surface area contributed by atoms with Crippen LogP contribution in [0.25, 0.3) is 0 Å². The summed E-state index contributed by atoms with van der Waals surface area (Å²) < 4.78 is 28.1. The van der Waals surface area contributed by atoms with Crippen LogP contribution in [0.2, 0.25) is 0 Å². The summed E-state index contributed by atoms with van der Waals surface area (Å²) >= 11 is 0. The van der Waals surface area contributed by atoms with Crippen molar-refractivity contribution >= 4 is 9.84 Å². The molecule has 0 aliphatic carbocycles. The Morgan fingerprint density at radius 3 is 2.27 bits per heavy atom. The van der Waals surface area contributed by atoms with Crippen molar-refractivity contribution in [1.29, 1.82) is 0 Å². The van der Waals surface area contributed by atoms with Crippen LogP contribution >= 0.6 is 0 Å². The quantitative estimate of drug-likeness (QED) is 0.508. The molecule has 0 unspecified atom stereocenters. The number of hydrogen-bond donors (Lipinski definition) is 0. The summed E-state index contributed by atoms with van der Waals surface area (Å²) in [6.07, 6.45) is 1.71. The van der Waals surface area contributed by atoms with E-state index in [-0.39, 0.29) is 10.9 Å². The van der Waals surface area contributed by atoms with E-state index in [4.69, 9.17) is 0 Å². The number of aryl methyl sites for hydroxylation is 1. The largest absolute Gasteiger partial charge is 0.317 e. The first-order valence-electron chi connectivity index (χ1n) is 10.3. The molecule has 0 saturated heterocycles. The van der Waals surface area contributed by atoms with Gasteiger partial charge in [-0.2, -0.15) is 0 Å². The minimum Gasteiger partial charge on any atom is -0.317 e. The van der Waals surface area contributed by atoms with Crippen LogP contribution in [0.3, 0.4) is 0 Å². The summed E-state index contributed by atoms with van der Waals surface area (Å²) in [5.74, 6) is 0.271. The monoisotopic (exact) mass is 425 g/mol. The molecule has 1 heterocycles. The Bertz CT molecular complexity index is 1060. The predicted octanol–water partition coefficient (Wildman–Crippen LogP) is 4.45. The van der Waals surface area contributed by atoms with E-state index in [1.165, 1.54) is 11.1 Å². The predicted molar refractivity (Wildman–Crippen MR) is 121 cm³/mol. The highest BCUT2D eigenvalue weighted by Gasteiger charge is 2.24. The zero-order valence-electron chi connectivity index (χ0n) is 18.2. The van der Waals surface area contributed by atoms with Crippen molar-refractivity contribution in [2.75, 3.05) is 7.05 Å². The molecular weight excluding hydrogens is 394 g/mol. The van der Waals surface area contributed by atoms with Crippen molar-refractivity contribution in [3.8, 4) is 0 Å². The van der Waals surface area contributed by atoms with Crippen molar-refractivity contribution in [2.24, 2.45) is 5.92 Å². The zero-order chi connectivity index (χ0) is 21.7. The van der Waals surface area contributed by atoms with Gasteiger partial charge in [-0.3, -0.25) is 4.90 Å². The second-order valence-electron chi connectivity index (χ2n) is 8.44. The average Bonchev–Trinajstić information content (AvgIpc) is 3.06. The number of aromatic nitrogens is 2. The maximum Gasteiger partial charge on any atom is 0.228 e. The molecule has 0 radical (unpaired) electrons. The van der Waals surface area contributed by atoms with Gasteiger partial charge >= 0.3 is 0 Å². The zero-order valence-corrected chi connectivity index (χ0v) is 19.1. The molecular formula is C24H31N3O2S. The Labute approximate surface area is 180 Å². The van der Waals surface area contributed by atoms with E-state index in [9.17, 15) is 8.42 Å². The smallest absolute Gasteiger partial charge is 0.228 e. The van der Waals surface area contributed by atoms with Crippen LogP contribution in [0.5, 0.6) is 0 Å². The third-order valence-corrected chi connectivity index (χ3v) is 6.53. The van der Waals surface area contributed by atoms with E-state index < -0.39 is 9.84 Å². The molecule has 0 fully saturated rings. The third kappa shape index (κ3) is 5.80. The molecule has 160 valence electrons. The molecule has 0 aliphatic heterocycles. The van der Waals surface area contributed by atoms with Crippen LogP contribution in [0.1, 0.15) is 36.2 Å². The second-order valence-corrected chi connectivity index (χ2v) is 10.3. The minimum absolute atomic E-state index is 0.0401. The van der Waals surface area contributed by atoms with Crippen LogP contribution in [-0.2, 0) is 35.2 Å². The molecule has 0 amide bonds. The van der Waals surface area contributed by atoms with Crippen LogP contribution < -0.4 is 0 Å². The summed E-state index contributed by atoms with van der Waals surface area (Å²) in [4.78, 5) is 6.54. The highest BCUT2D eigenvalue weighted by Crippen LogP contribution is 2.20. The summed E-state index contributed by atoms with van der Waals surface area (Å²) in [7, 11) is -1.49. The van der Waals surface area contributed by atoms with Crippen LogP contribution in [0, 0.1) is 12.8 Å². The van der Waals surface area contributed by atoms with Gasteiger partial charge in [-0.05, 0) is 31.0 Å². The Kier molecular flexibility index (Phi) is 7.10. The molecule has 1 aromatic heterocycles. The van der Waals surface area contributed by atoms with Crippen molar-refractivity contribution in [3.05, 3.63) is 83.2 Å². The van der Waals surface area contributed by atoms with Gasteiger partial charge in [-0.25, -0.2) is 13.4 Å². The Hall–Kier alpha value is -2.44. The fraction of sp³-hybridized carbons (Fsp3) is 0.375. The standard InChI is InChI=1S/C24H31N3O2S/c1-19(2)15-27-23(17-26(4)16-21-12-10-20(3)11-13-21)14-25-24(27)30(28,29)18-22-8-6-5-7-9-22/h5-14,19H,15-18H2,1-4H3.